The Morgan fingerprint density at radius 3 is 2.61 bits per heavy atom. The van der Waals surface area contributed by atoms with Crippen molar-refractivity contribution in [2.24, 2.45) is 5.73 Å². The summed E-state index contributed by atoms with van der Waals surface area (Å²) in [5, 5.41) is 0.781. The molecule has 1 aromatic heterocycles. The Morgan fingerprint density at radius 2 is 1.94 bits per heavy atom. The second kappa shape index (κ2) is 5.60. The zero-order chi connectivity index (χ0) is 13.0. The fourth-order valence-corrected chi connectivity index (χ4v) is 2.14. The van der Waals surface area contributed by atoms with E-state index in [0.29, 0.717) is 5.76 Å². The lowest BCUT2D eigenvalue weighted by molar-refractivity contribution is -0.113. The number of carbonyl (C=O) groups is 1. The Bertz CT molecular complexity index is 570. The normalized spacial score (nSPS) is 10.9. The van der Waals surface area contributed by atoms with Gasteiger partial charge in [-0.1, -0.05) is 29.5 Å². The van der Waals surface area contributed by atoms with Crippen LogP contribution in [0, 0.1) is 6.92 Å². The van der Waals surface area contributed by atoms with E-state index >= 15 is 0 Å². The maximum Gasteiger partial charge on any atom is 0.241 e. The van der Waals surface area contributed by atoms with Crippen molar-refractivity contribution in [1.29, 1.82) is 0 Å². The summed E-state index contributed by atoms with van der Waals surface area (Å²) in [6.45, 7) is 2.05. The van der Waals surface area contributed by atoms with Crippen LogP contribution < -0.4 is 5.73 Å². The predicted octanol–water partition coefficient (Wildman–Crippen LogP) is 3.24. The van der Waals surface area contributed by atoms with E-state index in [1.807, 2.05) is 25.1 Å². The largest absolute Gasteiger partial charge is 0.450 e. The molecule has 0 spiro atoms. The van der Waals surface area contributed by atoms with Gasteiger partial charge >= 0.3 is 0 Å². The van der Waals surface area contributed by atoms with Crippen LogP contribution in [0.4, 0.5) is 0 Å². The van der Waals surface area contributed by atoms with Crippen LogP contribution in [0.2, 0.25) is 0 Å². The lowest BCUT2D eigenvalue weighted by Gasteiger charge is -1.98. The Labute approximate surface area is 110 Å². The molecular weight excluding hydrogens is 246 g/mol. The van der Waals surface area contributed by atoms with Crippen molar-refractivity contribution in [3.8, 4) is 0 Å². The highest BCUT2D eigenvalue weighted by Gasteiger charge is 2.02. The van der Waals surface area contributed by atoms with Crippen LogP contribution in [0.5, 0.6) is 0 Å². The molecule has 0 unspecified atom stereocenters. The summed E-state index contributed by atoms with van der Waals surface area (Å²) < 4.78 is 5.54. The smallest absolute Gasteiger partial charge is 0.241 e. The molecule has 2 aromatic rings. The Kier molecular flexibility index (Phi) is 3.89. The summed E-state index contributed by atoms with van der Waals surface area (Å²) in [4.78, 5) is 11.7. The molecule has 0 saturated carbocycles. The van der Waals surface area contributed by atoms with Crippen LogP contribution in [0.3, 0.4) is 0 Å². The highest BCUT2D eigenvalue weighted by atomic mass is 32.2. The van der Waals surface area contributed by atoms with Gasteiger partial charge in [0, 0.05) is 11.0 Å². The third-order valence-corrected chi connectivity index (χ3v) is 3.18. The number of rotatable bonds is 4. The van der Waals surface area contributed by atoms with Crippen LogP contribution in [0.1, 0.15) is 11.3 Å². The fraction of sp³-hybridized carbons (Fsp3) is 0.0714. The number of hydrogen-bond acceptors (Lipinski definition) is 3. The van der Waals surface area contributed by atoms with Gasteiger partial charge in [0.25, 0.3) is 0 Å². The van der Waals surface area contributed by atoms with E-state index in [0.717, 1.165) is 9.99 Å². The van der Waals surface area contributed by atoms with Crippen LogP contribution >= 0.6 is 11.8 Å². The minimum atomic E-state index is -0.487. The molecule has 18 heavy (non-hydrogen) atoms. The number of amides is 1. The summed E-state index contributed by atoms with van der Waals surface area (Å²) in [5.41, 5.74) is 6.24. The molecule has 0 fully saturated rings. The Hall–Kier alpha value is -1.94. The third-order valence-electron chi connectivity index (χ3n) is 2.25. The molecule has 0 bridgehead atoms. The molecule has 4 heteroatoms. The van der Waals surface area contributed by atoms with E-state index in [1.165, 1.54) is 23.4 Å². The van der Waals surface area contributed by atoms with Gasteiger partial charge in [0.05, 0.1) is 0 Å². The number of furan rings is 1. The summed E-state index contributed by atoms with van der Waals surface area (Å²) >= 11 is 1.53. The monoisotopic (exact) mass is 259 g/mol. The van der Waals surface area contributed by atoms with Crippen molar-refractivity contribution < 1.29 is 9.21 Å². The van der Waals surface area contributed by atoms with Gasteiger partial charge in [-0.3, -0.25) is 4.79 Å². The molecule has 92 valence electrons. The standard InChI is InChI=1S/C14H13NO2S/c1-10-2-6-12(7-3-10)18-14-9-5-11(17-14)4-8-13(15)16/h2-9H,1H3,(H2,15,16)/b8-4+. The van der Waals surface area contributed by atoms with E-state index in [1.54, 1.807) is 12.1 Å². The Balaban J connectivity index is 2.06. The molecule has 0 aliphatic rings. The van der Waals surface area contributed by atoms with E-state index < -0.39 is 5.91 Å². The number of benzene rings is 1. The van der Waals surface area contributed by atoms with Crippen molar-refractivity contribution in [1.82, 2.24) is 0 Å². The molecule has 0 aliphatic carbocycles. The fourth-order valence-electron chi connectivity index (χ4n) is 1.37. The maximum atomic E-state index is 10.6. The van der Waals surface area contributed by atoms with Crippen LogP contribution in [0.15, 0.2) is 56.9 Å². The van der Waals surface area contributed by atoms with Gasteiger partial charge in [-0.25, -0.2) is 0 Å². The third kappa shape index (κ3) is 3.53. The average Bonchev–Trinajstić information content (AvgIpc) is 2.77. The van der Waals surface area contributed by atoms with E-state index in [-0.39, 0.29) is 0 Å². The van der Waals surface area contributed by atoms with Gasteiger partial charge < -0.3 is 10.2 Å². The molecule has 2 rings (SSSR count). The van der Waals surface area contributed by atoms with Gasteiger partial charge in [-0.05, 0) is 37.3 Å². The molecule has 0 atom stereocenters. The quantitative estimate of drug-likeness (QED) is 0.857. The van der Waals surface area contributed by atoms with E-state index in [2.05, 4.69) is 12.1 Å². The van der Waals surface area contributed by atoms with Crippen LogP contribution in [0.25, 0.3) is 6.08 Å². The van der Waals surface area contributed by atoms with Gasteiger partial charge in [0.1, 0.15) is 5.76 Å². The molecular formula is C14H13NO2S. The number of carbonyl (C=O) groups excluding carboxylic acids is 1. The minimum absolute atomic E-state index is 0.487. The lowest BCUT2D eigenvalue weighted by atomic mass is 10.2. The SMILES string of the molecule is Cc1ccc(Sc2ccc(/C=C/C(N)=O)o2)cc1. The minimum Gasteiger partial charge on any atom is -0.450 e. The van der Waals surface area contributed by atoms with Gasteiger partial charge in [0.2, 0.25) is 5.91 Å². The number of hydrogen-bond donors (Lipinski definition) is 1. The number of aryl methyl sites for hydroxylation is 1. The zero-order valence-corrected chi connectivity index (χ0v) is 10.7. The van der Waals surface area contributed by atoms with Crippen molar-refractivity contribution >= 4 is 23.7 Å². The van der Waals surface area contributed by atoms with Crippen molar-refractivity contribution in [2.75, 3.05) is 0 Å². The number of nitrogens with two attached hydrogens (primary N) is 1. The maximum absolute atomic E-state index is 10.6. The van der Waals surface area contributed by atoms with Gasteiger partial charge in [-0.2, -0.15) is 0 Å². The van der Waals surface area contributed by atoms with E-state index in [4.69, 9.17) is 10.2 Å². The predicted molar refractivity (Wildman–Crippen MR) is 72.2 cm³/mol. The van der Waals surface area contributed by atoms with Crippen LogP contribution in [-0.2, 0) is 4.79 Å². The van der Waals surface area contributed by atoms with Gasteiger partial charge in [0.15, 0.2) is 5.09 Å². The second-order valence-electron chi connectivity index (χ2n) is 3.81. The molecule has 0 aliphatic heterocycles. The molecule has 1 heterocycles. The summed E-state index contributed by atoms with van der Waals surface area (Å²) in [6.07, 6.45) is 2.83. The first-order chi connectivity index (χ1) is 8.63. The molecule has 0 saturated heterocycles. The molecule has 1 amide bonds. The Morgan fingerprint density at radius 1 is 1.22 bits per heavy atom. The molecule has 2 N–H and O–H groups in total. The zero-order valence-electron chi connectivity index (χ0n) is 9.92. The summed E-state index contributed by atoms with van der Waals surface area (Å²) in [6, 6.07) is 11.9. The first-order valence-electron chi connectivity index (χ1n) is 5.45. The highest BCUT2D eigenvalue weighted by molar-refractivity contribution is 7.99. The molecule has 0 radical (unpaired) electrons. The summed E-state index contributed by atoms with van der Waals surface area (Å²) in [7, 11) is 0. The first-order valence-corrected chi connectivity index (χ1v) is 6.27. The van der Waals surface area contributed by atoms with Crippen molar-refractivity contribution in [3.63, 3.8) is 0 Å². The topological polar surface area (TPSA) is 56.2 Å². The van der Waals surface area contributed by atoms with Crippen molar-refractivity contribution in [3.05, 3.63) is 53.8 Å². The highest BCUT2D eigenvalue weighted by Crippen LogP contribution is 2.29. The lowest BCUT2D eigenvalue weighted by Crippen LogP contribution is -2.04. The van der Waals surface area contributed by atoms with Crippen LogP contribution in [-0.4, -0.2) is 5.91 Å². The van der Waals surface area contributed by atoms with Crippen molar-refractivity contribution in [2.45, 2.75) is 16.9 Å². The van der Waals surface area contributed by atoms with E-state index in [9.17, 15) is 4.79 Å². The summed E-state index contributed by atoms with van der Waals surface area (Å²) in [5.74, 6) is 0.127. The average molecular weight is 259 g/mol. The molecule has 3 nitrogen and oxygen atoms in total. The van der Waals surface area contributed by atoms with Gasteiger partial charge in [-0.15, -0.1) is 0 Å². The number of primary amides is 1. The first kappa shape index (κ1) is 12.5. The second-order valence-corrected chi connectivity index (χ2v) is 4.89. The molecule has 1 aromatic carbocycles.